The van der Waals surface area contributed by atoms with E-state index in [2.05, 4.69) is 11.7 Å². The number of carbonyl (C=O) groups excluding carboxylic acids is 1. The number of ketones is 1. The Morgan fingerprint density at radius 3 is 2.94 bits per heavy atom. The van der Waals surface area contributed by atoms with Crippen molar-refractivity contribution in [2.45, 2.75) is 24.2 Å². The SMILES string of the molecule is CCCC[Te]c1ccccc1C(=O)C=[N+]=[N-]. The topological polar surface area (TPSA) is 53.5 Å². The van der Waals surface area contributed by atoms with Crippen molar-refractivity contribution in [1.82, 2.24) is 0 Å². The molecule has 0 unspecified atom stereocenters. The van der Waals surface area contributed by atoms with E-state index in [0.29, 0.717) is 5.56 Å². The summed E-state index contributed by atoms with van der Waals surface area (Å²) >= 11 is -0.294. The van der Waals surface area contributed by atoms with Crippen molar-refractivity contribution in [3.63, 3.8) is 0 Å². The van der Waals surface area contributed by atoms with Gasteiger partial charge in [0, 0.05) is 0 Å². The molecule has 1 rings (SSSR count). The van der Waals surface area contributed by atoms with Gasteiger partial charge in [-0.15, -0.1) is 0 Å². The third-order valence-electron chi connectivity index (χ3n) is 2.08. The fraction of sp³-hybridized carbons (Fsp3) is 0.333. The number of nitrogens with zero attached hydrogens (tertiary/aromatic N) is 2. The molecule has 0 spiro atoms. The van der Waals surface area contributed by atoms with Crippen LogP contribution in [0.2, 0.25) is 4.47 Å². The van der Waals surface area contributed by atoms with Gasteiger partial charge in [-0.1, -0.05) is 0 Å². The molecule has 0 radical (unpaired) electrons. The molecule has 84 valence electrons. The van der Waals surface area contributed by atoms with Crippen molar-refractivity contribution in [3.8, 4) is 0 Å². The molecule has 1 aromatic carbocycles. The standard InChI is InChI=1S/C12H14N2OTe/c1-2-3-8-16-12-7-5-4-6-10(12)11(15)9-14-13/h4-7,9H,2-3,8H2,1H3. The molecule has 0 bridgehead atoms. The van der Waals surface area contributed by atoms with Gasteiger partial charge in [-0.3, -0.25) is 0 Å². The van der Waals surface area contributed by atoms with E-state index in [-0.39, 0.29) is 26.7 Å². The van der Waals surface area contributed by atoms with Crippen LogP contribution >= 0.6 is 0 Å². The minimum absolute atomic E-state index is 0.209. The molecule has 3 nitrogen and oxygen atoms in total. The van der Waals surface area contributed by atoms with Gasteiger partial charge in [-0.2, -0.15) is 0 Å². The summed E-state index contributed by atoms with van der Waals surface area (Å²) in [5, 5.41) is 0. The van der Waals surface area contributed by atoms with Crippen LogP contribution in [0, 0.1) is 0 Å². The predicted octanol–water partition coefficient (Wildman–Crippen LogP) is 1.72. The van der Waals surface area contributed by atoms with Crippen LogP contribution in [0.15, 0.2) is 24.3 Å². The molecule has 0 aromatic heterocycles. The van der Waals surface area contributed by atoms with Crippen molar-refractivity contribution in [1.29, 1.82) is 0 Å². The first-order valence-corrected chi connectivity index (χ1v) is 8.04. The van der Waals surface area contributed by atoms with Gasteiger partial charge in [0.2, 0.25) is 0 Å². The Balaban J connectivity index is 2.82. The molecule has 0 N–H and O–H groups in total. The van der Waals surface area contributed by atoms with Gasteiger partial charge >= 0.3 is 106 Å². The fourth-order valence-corrected chi connectivity index (χ4v) is 4.53. The van der Waals surface area contributed by atoms with E-state index < -0.39 is 0 Å². The first kappa shape index (κ1) is 13.1. The average Bonchev–Trinajstić information content (AvgIpc) is 2.30. The van der Waals surface area contributed by atoms with Crippen LogP contribution in [0.1, 0.15) is 30.1 Å². The second-order valence-electron chi connectivity index (χ2n) is 3.31. The molecule has 0 saturated heterocycles. The Morgan fingerprint density at radius 1 is 1.50 bits per heavy atom. The Bertz CT molecular complexity index is 411. The zero-order chi connectivity index (χ0) is 11.8. The van der Waals surface area contributed by atoms with E-state index >= 15 is 0 Å². The molecule has 1 aromatic rings. The van der Waals surface area contributed by atoms with Crippen LogP contribution in [-0.2, 0) is 0 Å². The molecule has 0 aliphatic heterocycles. The number of hydrogen-bond acceptors (Lipinski definition) is 1. The van der Waals surface area contributed by atoms with Crippen LogP contribution in [-0.4, -0.2) is 37.7 Å². The maximum absolute atomic E-state index is 11.6. The average molecular weight is 330 g/mol. The van der Waals surface area contributed by atoms with Gasteiger partial charge in [-0.25, -0.2) is 0 Å². The summed E-state index contributed by atoms with van der Waals surface area (Å²) in [5.74, 6) is -0.209. The third-order valence-corrected chi connectivity index (χ3v) is 5.39. The van der Waals surface area contributed by atoms with E-state index in [9.17, 15) is 4.79 Å². The molecule has 0 fully saturated rings. The molecule has 0 heterocycles. The number of rotatable bonds is 6. The van der Waals surface area contributed by atoms with Crippen LogP contribution in [0.5, 0.6) is 0 Å². The number of hydrogen-bond donors (Lipinski definition) is 0. The van der Waals surface area contributed by atoms with E-state index in [1.165, 1.54) is 17.3 Å². The van der Waals surface area contributed by atoms with Crippen LogP contribution in [0.4, 0.5) is 0 Å². The van der Waals surface area contributed by atoms with Crippen LogP contribution in [0.3, 0.4) is 0 Å². The molecule has 0 atom stereocenters. The zero-order valence-corrected chi connectivity index (χ0v) is 11.5. The Labute approximate surface area is 106 Å². The summed E-state index contributed by atoms with van der Waals surface area (Å²) < 4.78 is 2.37. The van der Waals surface area contributed by atoms with Crippen molar-refractivity contribution in [3.05, 3.63) is 35.4 Å². The number of carbonyl (C=O) groups is 1. The monoisotopic (exact) mass is 332 g/mol. The Morgan fingerprint density at radius 2 is 2.25 bits per heavy atom. The summed E-state index contributed by atoms with van der Waals surface area (Å²) in [5.41, 5.74) is 9.06. The molecular formula is C12H14N2OTe. The van der Waals surface area contributed by atoms with E-state index in [4.69, 9.17) is 5.53 Å². The molecule has 4 heteroatoms. The van der Waals surface area contributed by atoms with Crippen LogP contribution < -0.4 is 3.61 Å². The Kier molecular flexibility index (Phi) is 6.03. The third kappa shape index (κ3) is 3.90. The van der Waals surface area contributed by atoms with Crippen molar-refractivity contribution >= 4 is 36.5 Å². The van der Waals surface area contributed by atoms with E-state index in [0.717, 1.165) is 9.83 Å². The first-order chi connectivity index (χ1) is 7.79. The summed E-state index contributed by atoms with van der Waals surface area (Å²) in [6, 6.07) is 7.61. The summed E-state index contributed by atoms with van der Waals surface area (Å²) in [6.07, 6.45) is 3.38. The number of Topliss-reactive ketones (excluding diaryl/α,β-unsaturated/α-hetero) is 1. The van der Waals surface area contributed by atoms with E-state index in [1.54, 1.807) is 6.07 Å². The summed E-state index contributed by atoms with van der Waals surface area (Å²) in [6.45, 7) is 2.17. The second-order valence-corrected chi connectivity index (χ2v) is 6.55. The van der Waals surface area contributed by atoms with Gasteiger partial charge < -0.3 is 0 Å². The van der Waals surface area contributed by atoms with Gasteiger partial charge in [0.15, 0.2) is 0 Å². The van der Waals surface area contributed by atoms with Gasteiger partial charge in [0.05, 0.1) is 0 Å². The van der Waals surface area contributed by atoms with Gasteiger partial charge in [0.25, 0.3) is 0 Å². The van der Waals surface area contributed by atoms with Gasteiger partial charge in [0.1, 0.15) is 0 Å². The molecule has 0 amide bonds. The molecule has 16 heavy (non-hydrogen) atoms. The molecule has 0 aliphatic rings. The maximum atomic E-state index is 11.6. The zero-order valence-electron chi connectivity index (χ0n) is 9.22. The van der Waals surface area contributed by atoms with Gasteiger partial charge in [-0.05, 0) is 0 Å². The van der Waals surface area contributed by atoms with Crippen molar-refractivity contribution in [2.75, 3.05) is 0 Å². The normalized spacial score (nSPS) is 9.56. The fourth-order valence-electron chi connectivity index (χ4n) is 1.24. The number of unbranched alkanes of at least 4 members (excludes halogenated alkanes) is 1. The predicted molar refractivity (Wildman–Crippen MR) is 65.6 cm³/mol. The van der Waals surface area contributed by atoms with E-state index in [1.807, 2.05) is 18.2 Å². The Hall–Kier alpha value is -0.940. The second kappa shape index (κ2) is 7.35. The molecule has 0 saturated carbocycles. The van der Waals surface area contributed by atoms with Crippen molar-refractivity contribution < 1.29 is 9.58 Å². The summed E-state index contributed by atoms with van der Waals surface area (Å²) in [7, 11) is 0. The number of benzene rings is 1. The molecule has 0 aliphatic carbocycles. The quantitative estimate of drug-likeness (QED) is 0.196. The minimum atomic E-state index is -0.294. The summed E-state index contributed by atoms with van der Waals surface area (Å²) in [4.78, 5) is 14.4. The van der Waals surface area contributed by atoms with Crippen LogP contribution in [0.25, 0.3) is 5.53 Å². The first-order valence-electron chi connectivity index (χ1n) is 5.23. The molecular weight excluding hydrogens is 316 g/mol. The van der Waals surface area contributed by atoms with Crippen molar-refractivity contribution in [2.24, 2.45) is 0 Å².